The van der Waals surface area contributed by atoms with Gasteiger partial charge in [-0.1, -0.05) is 30.7 Å². The molecule has 0 amide bonds. The lowest BCUT2D eigenvalue weighted by Crippen LogP contribution is -2.25. The Bertz CT molecular complexity index is 519. The van der Waals surface area contributed by atoms with Gasteiger partial charge >= 0.3 is 0 Å². The highest BCUT2D eigenvalue weighted by Crippen LogP contribution is 2.38. The van der Waals surface area contributed by atoms with Crippen LogP contribution < -0.4 is 5.73 Å². The number of benzene rings is 1. The molecule has 0 fully saturated rings. The van der Waals surface area contributed by atoms with Crippen LogP contribution in [0.3, 0.4) is 0 Å². The zero-order valence-corrected chi connectivity index (χ0v) is 12.4. The summed E-state index contributed by atoms with van der Waals surface area (Å²) in [5.41, 5.74) is 7.41. The summed E-state index contributed by atoms with van der Waals surface area (Å²) in [7, 11) is 0. The maximum Gasteiger partial charge on any atom is 0.0510 e. The Morgan fingerprint density at radius 1 is 1.32 bits per heavy atom. The van der Waals surface area contributed by atoms with E-state index in [-0.39, 0.29) is 11.3 Å². The van der Waals surface area contributed by atoms with Crippen molar-refractivity contribution in [1.29, 1.82) is 0 Å². The van der Waals surface area contributed by atoms with Gasteiger partial charge in [0.15, 0.2) is 0 Å². The third kappa shape index (κ3) is 3.96. The summed E-state index contributed by atoms with van der Waals surface area (Å²) in [5.74, 6) is 0. The molecule has 0 bridgehead atoms. The first-order valence-electron chi connectivity index (χ1n) is 6.28. The second kappa shape index (κ2) is 6.94. The van der Waals surface area contributed by atoms with E-state index in [0.29, 0.717) is 0 Å². The normalized spacial score (nSPS) is 14.1. The van der Waals surface area contributed by atoms with Crippen molar-refractivity contribution in [2.45, 2.75) is 29.5 Å². The van der Waals surface area contributed by atoms with E-state index in [2.05, 4.69) is 24.0 Å². The highest BCUT2D eigenvalue weighted by Gasteiger charge is 2.20. The van der Waals surface area contributed by atoms with Crippen LogP contribution in [0.15, 0.2) is 53.7 Å². The van der Waals surface area contributed by atoms with Crippen molar-refractivity contribution < 1.29 is 0 Å². The molecule has 100 valence electrons. The van der Waals surface area contributed by atoms with Crippen molar-refractivity contribution in [3.8, 4) is 0 Å². The number of thioether (sulfide) groups is 1. The molecule has 2 atom stereocenters. The maximum atomic E-state index is 6.25. The average Bonchev–Trinajstić information content (AvgIpc) is 2.45. The van der Waals surface area contributed by atoms with Crippen LogP contribution in [0.4, 0.5) is 0 Å². The van der Waals surface area contributed by atoms with Gasteiger partial charge in [0, 0.05) is 28.4 Å². The number of aromatic nitrogens is 1. The Hall–Kier alpha value is -1.03. The molecule has 0 aliphatic heterocycles. The molecule has 2 aromatic rings. The van der Waals surface area contributed by atoms with Crippen LogP contribution >= 0.6 is 23.4 Å². The number of halogens is 1. The molecule has 0 aliphatic rings. The van der Waals surface area contributed by atoms with Crippen molar-refractivity contribution in [2.75, 3.05) is 0 Å². The fourth-order valence-corrected chi connectivity index (χ4v) is 3.39. The zero-order chi connectivity index (χ0) is 13.7. The van der Waals surface area contributed by atoms with Crippen LogP contribution in [0.2, 0.25) is 5.02 Å². The van der Waals surface area contributed by atoms with Crippen LogP contribution in [0, 0.1) is 0 Å². The first-order chi connectivity index (χ1) is 9.20. The molecule has 2 rings (SSSR count). The van der Waals surface area contributed by atoms with Gasteiger partial charge in [0.1, 0.15) is 0 Å². The van der Waals surface area contributed by atoms with Crippen molar-refractivity contribution in [3.05, 3.63) is 59.4 Å². The first-order valence-corrected chi connectivity index (χ1v) is 7.54. The van der Waals surface area contributed by atoms with Gasteiger partial charge in [0.25, 0.3) is 0 Å². The van der Waals surface area contributed by atoms with Crippen LogP contribution in [-0.2, 0) is 0 Å². The predicted octanol–water partition coefficient (Wildman–Crippen LogP) is 4.31. The smallest absolute Gasteiger partial charge is 0.0510 e. The molecule has 0 spiro atoms. The Labute approximate surface area is 123 Å². The monoisotopic (exact) mass is 292 g/mol. The molecule has 1 aromatic carbocycles. The van der Waals surface area contributed by atoms with Crippen LogP contribution in [0.5, 0.6) is 0 Å². The molecule has 0 saturated carbocycles. The Morgan fingerprint density at radius 2 is 2.16 bits per heavy atom. The van der Waals surface area contributed by atoms with Gasteiger partial charge in [-0.15, -0.1) is 11.8 Å². The minimum atomic E-state index is 0.0909. The number of pyridine rings is 1. The molecular weight excluding hydrogens is 276 g/mol. The molecule has 2 nitrogen and oxygen atoms in total. The van der Waals surface area contributed by atoms with Crippen molar-refractivity contribution >= 4 is 23.4 Å². The van der Waals surface area contributed by atoms with Gasteiger partial charge in [0.2, 0.25) is 0 Å². The molecule has 1 aromatic heterocycles. The predicted molar refractivity (Wildman–Crippen MR) is 82.6 cm³/mol. The summed E-state index contributed by atoms with van der Waals surface area (Å²) >= 11 is 7.77. The van der Waals surface area contributed by atoms with E-state index in [4.69, 9.17) is 17.3 Å². The van der Waals surface area contributed by atoms with Gasteiger partial charge in [0.05, 0.1) is 5.25 Å². The maximum absolute atomic E-state index is 6.25. The van der Waals surface area contributed by atoms with E-state index in [0.717, 1.165) is 21.9 Å². The number of rotatable bonds is 5. The second-order valence-corrected chi connectivity index (χ2v) is 6.01. The number of hydrogen-bond donors (Lipinski definition) is 1. The quantitative estimate of drug-likeness (QED) is 0.835. The highest BCUT2D eigenvalue weighted by atomic mass is 35.5. The summed E-state index contributed by atoms with van der Waals surface area (Å²) in [4.78, 5) is 5.32. The number of hydrogen-bond acceptors (Lipinski definition) is 3. The molecule has 19 heavy (non-hydrogen) atoms. The second-order valence-electron chi connectivity index (χ2n) is 4.35. The Kier molecular flexibility index (Phi) is 5.25. The third-order valence-corrected chi connectivity index (χ3v) is 4.57. The first kappa shape index (κ1) is 14.4. The van der Waals surface area contributed by atoms with E-state index in [1.807, 2.05) is 30.5 Å². The van der Waals surface area contributed by atoms with E-state index in [9.17, 15) is 0 Å². The molecule has 4 heteroatoms. The third-order valence-electron chi connectivity index (χ3n) is 2.93. The summed E-state index contributed by atoms with van der Waals surface area (Å²) in [5, 5.41) is 0.942. The lowest BCUT2D eigenvalue weighted by atomic mass is 10.1. The number of nitrogens with zero attached hydrogens (tertiary/aromatic N) is 1. The summed E-state index contributed by atoms with van der Waals surface area (Å²) < 4.78 is 0. The largest absolute Gasteiger partial charge is 0.326 e. The van der Waals surface area contributed by atoms with Gasteiger partial charge in [-0.2, -0.15) is 0 Å². The molecule has 0 saturated heterocycles. The molecule has 1 heterocycles. The molecule has 2 unspecified atom stereocenters. The minimum absolute atomic E-state index is 0.0909. The van der Waals surface area contributed by atoms with Crippen molar-refractivity contribution in [1.82, 2.24) is 4.98 Å². The topological polar surface area (TPSA) is 38.9 Å². The average molecular weight is 293 g/mol. The summed E-state index contributed by atoms with van der Waals surface area (Å²) in [6, 6.07) is 12.0. The van der Waals surface area contributed by atoms with E-state index >= 15 is 0 Å². The molecule has 0 aliphatic carbocycles. The summed E-state index contributed by atoms with van der Waals surface area (Å²) in [6.45, 7) is 2.10. The molecule has 2 N–H and O–H groups in total. The minimum Gasteiger partial charge on any atom is -0.326 e. The highest BCUT2D eigenvalue weighted by molar-refractivity contribution is 7.99. The van der Waals surface area contributed by atoms with Gasteiger partial charge < -0.3 is 5.73 Å². The summed E-state index contributed by atoms with van der Waals surface area (Å²) in [6.07, 6.45) is 4.59. The molecular formula is C15H17ClN2S. The Morgan fingerprint density at radius 3 is 2.79 bits per heavy atom. The van der Waals surface area contributed by atoms with Gasteiger partial charge in [-0.3, -0.25) is 4.98 Å². The van der Waals surface area contributed by atoms with Crippen LogP contribution in [0.25, 0.3) is 0 Å². The van der Waals surface area contributed by atoms with Crippen molar-refractivity contribution in [3.63, 3.8) is 0 Å². The molecule has 0 radical (unpaired) electrons. The Balaban J connectivity index is 2.24. The zero-order valence-electron chi connectivity index (χ0n) is 10.8. The van der Waals surface area contributed by atoms with Gasteiger partial charge in [-0.05, 0) is 36.2 Å². The number of nitrogens with two attached hydrogens (primary N) is 1. The van der Waals surface area contributed by atoms with E-state index in [1.165, 1.54) is 0 Å². The van der Waals surface area contributed by atoms with E-state index in [1.54, 1.807) is 18.0 Å². The van der Waals surface area contributed by atoms with Crippen molar-refractivity contribution in [2.24, 2.45) is 5.73 Å². The van der Waals surface area contributed by atoms with E-state index < -0.39 is 0 Å². The van der Waals surface area contributed by atoms with Crippen LogP contribution in [-0.4, -0.2) is 11.0 Å². The fraction of sp³-hybridized carbons (Fsp3) is 0.267. The fourth-order valence-electron chi connectivity index (χ4n) is 1.85. The van der Waals surface area contributed by atoms with Crippen LogP contribution in [0.1, 0.15) is 24.2 Å². The lowest BCUT2D eigenvalue weighted by Gasteiger charge is -2.22. The standard InChI is InChI=1S/C15H17ClN2S/c1-2-14(17)15(11-5-4-8-18-10-11)19-13-7-3-6-12(16)9-13/h3-10,14-15H,2,17H2,1H3. The lowest BCUT2D eigenvalue weighted by molar-refractivity contribution is 0.633. The van der Waals surface area contributed by atoms with Gasteiger partial charge in [-0.25, -0.2) is 0 Å². The SMILES string of the molecule is CCC(N)C(Sc1cccc(Cl)c1)c1cccnc1.